The van der Waals surface area contributed by atoms with Crippen LogP contribution in [0.3, 0.4) is 0 Å². The second-order valence-corrected chi connectivity index (χ2v) is 6.81. The van der Waals surface area contributed by atoms with Gasteiger partial charge in [-0.2, -0.15) is 0 Å². The second-order valence-electron chi connectivity index (χ2n) is 6.81. The van der Waals surface area contributed by atoms with Gasteiger partial charge >= 0.3 is 29.6 Å². The maximum Gasteiger partial charge on any atom is 1.00 e. The molecule has 2 heterocycles. The summed E-state index contributed by atoms with van der Waals surface area (Å²) in [5.74, 6) is -2.15. The van der Waals surface area contributed by atoms with E-state index in [1.807, 2.05) is 0 Å². The topological polar surface area (TPSA) is 187 Å². The number of aliphatic carboxylic acids is 1. The van der Waals surface area contributed by atoms with Crippen LogP contribution in [0, 0.1) is 0 Å². The zero-order valence-electron chi connectivity index (χ0n) is 16.6. The van der Waals surface area contributed by atoms with Crippen molar-refractivity contribution in [3.05, 3.63) is 0 Å². The van der Waals surface area contributed by atoms with Crippen molar-refractivity contribution in [3.63, 3.8) is 0 Å². The Morgan fingerprint density at radius 3 is 2.21 bits per heavy atom. The van der Waals surface area contributed by atoms with Gasteiger partial charge in [-0.05, 0) is 6.92 Å². The number of amides is 1. The van der Waals surface area contributed by atoms with E-state index in [9.17, 15) is 35.1 Å². The minimum Gasteiger partial charge on any atom is -0.547 e. The Labute approximate surface area is 189 Å². The molecule has 0 aromatic carbocycles. The first-order chi connectivity index (χ1) is 13.1. The molecule has 29 heavy (non-hydrogen) atoms. The standard InChI is InChI=1S/C16H27NO11.Na/c1-5-8(17-6(2)19)12(9(20)7(4-18)26-5)27-16-11(22)10(21)13(25-3)14(28-16)15(23)24;/h5,7-14,16,18,20-22H,4H2,1-3H3,(H,17,19)(H,23,24);/q;+1/p-1/t5?,7?,8?,9-,10-,11?,12-,13+,14?,16-;/m1./s1. The van der Waals surface area contributed by atoms with Crippen molar-refractivity contribution in [3.8, 4) is 0 Å². The molecule has 2 fully saturated rings. The van der Waals surface area contributed by atoms with Crippen LogP contribution in [0.15, 0.2) is 0 Å². The first kappa shape index (κ1) is 26.7. The molecule has 0 radical (unpaired) electrons. The van der Waals surface area contributed by atoms with Crippen LogP contribution >= 0.6 is 0 Å². The Bertz CT molecular complexity index is 567. The van der Waals surface area contributed by atoms with E-state index in [0.717, 1.165) is 7.11 Å². The molecule has 0 aromatic rings. The van der Waals surface area contributed by atoms with Crippen molar-refractivity contribution in [1.82, 2.24) is 5.32 Å². The summed E-state index contributed by atoms with van der Waals surface area (Å²) in [6, 6.07) is -0.912. The summed E-state index contributed by atoms with van der Waals surface area (Å²) in [6.07, 6.45) is -12.7. The van der Waals surface area contributed by atoms with Gasteiger partial charge < -0.3 is 54.6 Å². The molecule has 0 spiro atoms. The molecule has 162 valence electrons. The van der Waals surface area contributed by atoms with Crippen LogP contribution in [0.1, 0.15) is 13.8 Å². The van der Waals surface area contributed by atoms with Crippen molar-refractivity contribution in [1.29, 1.82) is 0 Å². The van der Waals surface area contributed by atoms with E-state index in [0.29, 0.717) is 0 Å². The molecule has 5 unspecified atom stereocenters. The molecule has 5 N–H and O–H groups in total. The molecule has 2 aliphatic heterocycles. The first-order valence-corrected chi connectivity index (χ1v) is 8.74. The number of rotatable bonds is 6. The van der Waals surface area contributed by atoms with Gasteiger partial charge in [0.15, 0.2) is 6.29 Å². The average molecular weight is 431 g/mol. The van der Waals surface area contributed by atoms with E-state index in [-0.39, 0.29) is 29.6 Å². The van der Waals surface area contributed by atoms with Gasteiger partial charge in [-0.1, -0.05) is 0 Å². The van der Waals surface area contributed by atoms with E-state index in [1.165, 1.54) is 6.92 Å². The third-order valence-electron chi connectivity index (χ3n) is 4.86. The molecule has 2 aliphatic rings. The number of carboxylic acid groups (broad SMARTS) is 1. The van der Waals surface area contributed by atoms with Crippen molar-refractivity contribution in [2.75, 3.05) is 13.7 Å². The Balaban J connectivity index is 0.00000420. The van der Waals surface area contributed by atoms with Crippen LogP contribution in [-0.4, -0.2) is 107 Å². The Hall–Kier alpha value is -0.380. The number of ether oxygens (including phenoxy) is 4. The van der Waals surface area contributed by atoms with E-state index in [4.69, 9.17) is 18.9 Å². The summed E-state index contributed by atoms with van der Waals surface area (Å²) in [5.41, 5.74) is 0. The van der Waals surface area contributed by atoms with Gasteiger partial charge in [0.1, 0.15) is 42.7 Å². The maximum atomic E-state index is 11.5. The molecule has 1 amide bonds. The molecule has 0 aromatic heterocycles. The molecule has 2 saturated heterocycles. The van der Waals surface area contributed by atoms with Crippen LogP contribution in [0.5, 0.6) is 0 Å². The maximum absolute atomic E-state index is 11.5. The number of hydrogen-bond donors (Lipinski definition) is 5. The van der Waals surface area contributed by atoms with Crippen LogP contribution in [0.25, 0.3) is 0 Å². The number of nitrogens with one attached hydrogen (secondary N) is 1. The third kappa shape index (κ3) is 5.86. The second kappa shape index (κ2) is 11.3. The Morgan fingerprint density at radius 2 is 1.72 bits per heavy atom. The predicted octanol–water partition coefficient (Wildman–Crippen LogP) is -7.77. The molecular weight excluding hydrogens is 405 g/mol. The summed E-state index contributed by atoms with van der Waals surface area (Å²) in [6.45, 7) is 2.25. The van der Waals surface area contributed by atoms with Gasteiger partial charge in [-0.25, -0.2) is 0 Å². The fraction of sp³-hybridized carbons (Fsp3) is 0.875. The first-order valence-electron chi connectivity index (χ1n) is 8.74. The normalized spacial score (nSPS) is 42.6. The number of aliphatic hydroxyl groups is 4. The summed E-state index contributed by atoms with van der Waals surface area (Å²) in [7, 11) is 1.13. The number of hydrogen-bond acceptors (Lipinski definition) is 11. The Kier molecular flexibility index (Phi) is 10.4. The van der Waals surface area contributed by atoms with Crippen LogP contribution < -0.4 is 40.0 Å². The SMILES string of the molecule is CO[C@@H]1C(C(=O)[O-])O[C@@H](O[C@@H]2C(NC(C)=O)C(C)OC(CO)[C@H]2O)C(O)[C@H]1O.[Na+]. The van der Waals surface area contributed by atoms with Gasteiger partial charge in [0.25, 0.3) is 0 Å². The fourth-order valence-corrected chi connectivity index (χ4v) is 3.44. The Morgan fingerprint density at radius 1 is 1.10 bits per heavy atom. The van der Waals surface area contributed by atoms with Crippen molar-refractivity contribution >= 4 is 11.9 Å². The monoisotopic (exact) mass is 431 g/mol. The number of aliphatic hydroxyl groups excluding tert-OH is 4. The van der Waals surface area contributed by atoms with E-state index < -0.39 is 79.6 Å². The molecule has 0 aliphatic carbocycles. The number of carbonyl (C=O) groups is 2. The van der Waals surface area contributed by atoms with E-state index in [2.05, 4.69) is 5.32 Å². The largest absolute Gasteiger partial charge is 1.00 e. The van der Waals surface area contributed by atoms with E-state index in [1.54, 1.807) is 6.92 Å². The van der Waals surface area contributed by atoms with Gasteiger partial charge in [0.2, 0.25) is 5.91 Å². The van der Waals surface area contributed by atoms with E-state index >= 15 is 0 Å². The molecule has 13 heteroatoms. The number of carboxylic acids is 1. The van der Waals surface area contributed by atoms with Gasteiger partial charge in [0.05, 0.1) is 24.7 Å². The zero-order valence-corrected chi connectivity index (χ0v) is 18.6. The number of carbonyl (C=O) groups excluding carboxylic acids is 2. The quantitative estimate of drug-likeness (QED) is 0.251. The minimum absolute atomic E-state index is 0. The molecule has 0 saturated carbocycles. The predicted molar refractivity (Wildman–Crippen MR) is 86.4 cm³/mol. The van der Waals surface area contributed by atoms with Crippen molar-refractivity contribution in [2.45, 2.75) is 75.0 Å². The summed E-state index contributed by atoms with van der Waals surface area (Å²) < 4.78 is 21.1. The number of methoxy groups -OCH3 is 1. The van der Waals surface area contributed by atoms with Crippen LogP contribution in [0.2, 0.25) is 0 Å². The van der Waals surface area contributed by atoms with Crippen LogP contribution in [0.4, 0.5) is 0 Å². The molecule has 10 atom stereocenters. The smallest absolute Gasteiger partial charge is 0.547 e. The summed E-state index contributed by atoms with van der Waals surface area (Å²) >= 11 is 0. The molecule has 2 rings (SSSR count). The van der Waals surface area contributed by atoms with Gasteiger partial charge in [-0.3, -0.25) is 4.79 Å². The van der Waals surface area contributed by atoms with Crippen molar-refractivity contribution < 1.29 is 83.6 Å². The summed E-state index contributed by atoms with van der Waals surface area (Å²) in [4.78, 5) is 22.8. The van der Waals surface area contributed by atoms with Gasteiger partial charge in [0, 0.05) is 14.0 Å². The fourth-order valence-electron chi connectivity index (χ4n) is 3.44. The average Bonchev–Trinajstić information content (AvgIpc) is 2.63. The third-order valence-corrected chi connectivity index (χ3v) is 4.86. The summed E-state index contributed by atoms with van der Waals surface area (Å²) in [5, 5.41) is 54.2. The van der Waals surface area contributed by atoms with Crippen LogP contribution in [-0.2, 0) is 28.5 Å². The molecular formula is C16H26NNaO11. The molecule has 12 nitrogen and oxygen atoms in total. The van der Waals surface area contributed by atoms with Crippen molar-refractivity contribution in [2.24, 2.45) is 0 Å². The molecule has 0 bridgehead atoms. The zero-order chi connectivity index (χ0) is 21.2. The van der Waals surface area contributed by atoms with Gasteiger partial charge in [-0.15, -0.1) is 0 Å². The minimum atomic E-state index is -1.75.